The Balaban J connectivity index is 1.13. The number of aromatic nitrogens is 1. The van der Waals surface area contributed by atoms with Crippen LogP contribution in [0.3, 0.4) is 0 Å². The van der Waals surface area contributed by atoms with E-state index in [1.54, 1.807) is 16.2 Å². The molecule has 184 valence electrons. The van der Waals surface area contributed by atoms with Gasteiger partial charge < -0.3 is 15.2 Å². The minimum absolute atomic E-state index is 0.000153. The standard InChI is InChI=1S/C31H27N3O2S/c35-30(17-21-5-2-1-3-6-21)34-15-4-7-29(34)31(36)32-26-11-8-22(9-12-26)28-19-25-18-23(10-13-27(25)33-28)24-14-16-37-20-24/h1-3,5-6,8-14,16,18-20,29,33H,4,7,15,17H2,(H,32,36)/t29-/m0/s1. The molecule has 0 aliphatic carbocycles. The number of thiophene rings is 1. The number of H-pyrrole nitrogens is 1. The van der Waals surface area contributed by atoms with E-state index in [9.17, 15) is 9.59 Å². The summed E-state index contributed by atoms with van der Waals surface area (Å²) in [4.78, 5) is 31.2. The third kappa shape index (κ3) is 4.93. The molecule has 3 aromatic carbocycles. The predicted molar refractivity (Wildman–Crippen MR) is 151 cm³/mol. The second-order valence-electron chi connectivity index (χ2n) is 9.47. The van der Waals surface area contributed by atoms with Gasteiger partial charge in [-0.15, -0.1) is 0 Å². The first-order valence-electron chi connectivity index (χ1n) is 12.5. The van der Waals surface area contributed by atoms with Gasteiger partial charge in [0, 0.05) is 28.8 Å². The molecule has 5 aromatic rings. The van der Waals surface area contributed by atoms with Crippen molar-refractivity contribution in [3.8, 4) is 22.4 Å². The van der Waals surface area contributed by atoms with Crippen LogP contribution in [0.4, 0.5) is 5.69 Å². The number of rotatable bonds is 6. The van der Waals surface area contributed by atoms with Gasteiger partial charge in [-0.3, -0.25) is 9.59 Å². The maximum absolute atomic E-state index is 13.1. The molecule has 0 unspecified atom stereocenters. The number of carbonyl (C=O) groups excluding carboxylic acids is 2. The molecule has 3 heterocycles. The number of nitrogens with zero attached hydrogens (tertiary/aromatic N) is 1. The Kier molecular flexibility index (Phi) is 6.33. The number of anilines is 1. The summed E-state index contributed by atoms with van der Waals surface area (Å²) in [5.74, 6) is -0.126. The molecule has 2 aromatic heterocycles. The highest BCUT2D eigenvalue weighted by Crippen LogP contribution is 2.30. The molecule has 2 N–H and O–H groups in total. The van der Waals surface area contributed by atoms with Crippen molar-refractivity contribution < 1.29 is 9.59 Å². The zero-order chi connectivity index (χ0) is 25.2. The summed E-state index contributed by atoms with van der Waals surface area (Å²) in [6, 6.07) is 27.9. The van der Waals surface area contributed by atoms with E-state index in [1.807, 2.05) is 54.6 Å². The predicted octanol–water partition coefficient (Wildman–Crippen LogP) is 6.74. The third-order valence-corrected chi connectivity index (χ3v) is 7.70. The van der Waals surface area contributed by atoms with Gasteiger partial charge in [-0.05, 0) is 82.3 Å². The maximum Gasteiger partial charge on any atom is 0.247 e. The Labute approximate surface area is 219 Å². The lowest BCUT2D eigenvalue weighted by molar-refractivity contribution is -0.136. The van der Waals surface area contributed by atoms with Gasteiger partial charge in [-0.2, -0.15) is 11.3 Å². The Morgan fingerprint density at radius 1 is 0.919 bits per heavy atom. The zero-order valence-corrected chi connectivity index (χ0v) is 21.1. The van der Waals surface area contributed by atoms with Gasteiger partial charge in [0.1, 0.15) is 6.04 Å². The highest BCUT2D eigenvalue weighted by molar-refractivity contribution is 7.08. The van der Waals surface area contributed by atoms with Gasteiger partial charge >= 0.3 is 0 Å². The number of nitrogens with one attached hydrogen (secondary N) is 2. The van der Waals surface area contributed by atoms with E-state index < -0.39 is 6.04 Å². The van der Waals surface area contributed by atoms with Crippen molar-refractivity contribution in [2.45, 2.75) is 25.3 Å². The Morgan fingerprint density at radius 2 is 1.73 bits per heavy atom. The normalized spacial score (nSPS) is 15.2. The van der Waals surface area contributed by atoms with Gasteiger partial charge in [0.15, 0.2) is 0 Å². The fraction of sp³-hybridized carbons (Fsp3) is 0.161. The molecule has 1 aliphatic rings. The molecular weight excluding hydrogens is 478 g/mol. The van der Waals surface area contributed by atoms with E-state index in [2.05, 4.69) is 51.4 Å². The first-order chi connectivity index (χ1) is 18.1. The van der Waals surface area contributed by atoms with Crippen LogP contribution in [0, 0.1) is 0 Å². The molecule has 1 atom stereocenters. The van der Waals surface area contributed by atoms with E-state index in [1.165, 1.54) is 11.1 Å². The molecule has 1 fully saturated rings. The molecule has 0 saturated carbocycles. The molecule has 0 spiro atoms. The fourth-order valence-electron chi connectivity index (χ4n) is 5.06. The maximum atomic E-state index is 13.1. The highest BCUT2D eigenvalue weighted by atomic mass is 32.1. The van der Waals surface area contributed by atoms with Gasteiger partial charge in [0.2, 0.25) is 11.8 Å². The van der Waals surface area contributed by atoms with Gasteiger partial charge in [0.05, 0.1) is 6.42 Å². The van der Waals surface area contributed by atoms with Crippen LogP contribution in [-0.2, 0) is 16.0 Å². The van der Waals surface area contributed by atoms with E-state index in [4.69, 9.17) is 0 Å². The number of hydrogen-bond acceptors (Lipinski definition) is 3. The van der Waals surface area contributed by atoms with Crippen molar-refractivity contribution in [1.29, 1.82) is 0 Å². The van der Waals surface area contributed by atoms with Gasteiger partial charge in [-0.25, -0.2) is 0 Å². The number of amides is 2. The molecule has 1 saturated heterocycles. The van der Waals surface area contributed by atoms with Crippen LogP contribution in [0.15, 0.2) is 95.7 Å². The van der Waals surface area contributed by atoms with Crippen LogP contribution in [0.1, 0.15) is 18.4 Å². The van der Waals surface area contributed by atoms with Crippen molar-refractivity contribution in [2.75, 3.05) is 11.9 Å². The summed E-state index contributed by atoms with van der Waals surface area (Å²) in [5.41, 5.74) is 7.31. The van der Waals surface area contributed by atoms with Crippen LogP contribution in [0.5, 0.6) is 0 Å². The van der Waals surface area contributed by atoms with E-state index >= 15 is 0 Å². The average molecular weight is 506 g/mol. The smallest absolute Gasteiger partial charge is 0.247 e. The average Bonchev–Trinajstić information content (AvgIpc) is 3.70. The number of hydrogen-bond donors (Lipinski definition) is 2. The number of aromatic amines is 1. The van der Waals surface area contributed by atoms with Crippen LogP contribution >= 0.6 is 11.3 Å². The first-order valence-corrected chi connectivity index (χ1v) is 13.5. The lowest BCUT2D eigenvalue weighted by atomic mass is 10.1. The Hall–Kier alpha value is -4.16. The molecule has 37 heavy (non-hydrogen) atoms. The second kappa shape index (κ2) is 10.1. The summed E-state index contributed by atoms with van der Waals surface area (Å²) in [6.45, 7) is 0.622. The van der Waals surface area contributed by atoms with Crippen molar-refractivity contribution in [2.24, 2.45) is 0 Å². The minimum Gasteiger partial charge on any atom is -0.355 e. The molecule has 6 heteroatoms. The van der Waals surface area contributed by atoms with Gasteiger partial charge in [0.25, 0.3) is 0 Å². The van der Waals surface area contributed by atoms with Crippen LogP contribution < -0.4 is 5.32 Å². The zero-order valence-electron chi connectivity index (χ0n) is 20.3. The number of fused-ring (bicyclic) bond motifs is 1. The number of benzene rings is 3. The van der Waals surface area contributed by atoms with Crippen molar-refractivity contribution in [3.05, 3.63) is 101 Å². The number of carbonyl (C=O) groups is 2. The van der Waals surface area contributed by atoms with E-state index in [0.717, 1.165) is 39.8 Å². The van der Waals surface area contributed by atoms with E-state index in [-0.39, 0.29) is 11.8 Å². The molecule has 2 amide bonds. The van der Waals surface area contributed by atoms with Crippen LogP contribution in [-0.4, -0.2) is 34.3 Å². The molecule has 6 rings (SSSR count). The lowest BCUT2D eigenvalue weighted by Crippen LogP contribution is -2.43. The summed E-state index contributed by atoms with van der Waals surface area (Å²) in [7, 11) is 0. The summed E-state index contributed by atoms with van der Waals surface area (Å²) in [5, 5.41) is 8.43. The van der Waals surface area contributed by atoms with Gasteiger partial charge in [-0.1, -0.05) is 48.5 Å². The van der Waals surface area contributed by atoms with E-state index in [0.29, 0.717) is 19.4 Å². The third-order valence-electron chi connectivity index (χ3n) is 7.01. The van der Waals surface area contributed by atoms with Crippen molar-refractivity contribution >= 4 is 39.7 Å². The van der Waals surface area contributed by atoms with Crippen molar-refractivity contribution in [3.63, 3.8) is 0 Å². The monoisotopic (exact) mass is 505 g/mol. The molecule has 1 aliphatic heterocycles. The fourth-order valence-corrected chi connectivity index (χ4v) is 5.73. The SMILES string of the molecule is O=C(Nc1ccc(-c2cc3cc(-c4ccsc4)ccc3[nH]2)cc1)[C@@H]1CCCN1C(=O)Cc1ccccc1. The topological polar surface area (TPSA) is 65.2 Å². The van der Waals surface area contributed by atoms with Crippen LogP contribution in [0.25, 0.3) is 33.3 Å². The Bertz CT molecular complexity index is 1540. The minimum atomic E-state index is -0.429. The highest BCUT2D eigenvalue weighted by Gasteiger charge is 2.33. The molecular formula is C31H27N3O2S. The Morgan fingerprint density at radius 3 is 2.51 bits per heavy atom. The first kappa shape index (κ1) is 23.3. The molecule has 5 nitrogen and oxygen atoms in total. The number of likely N-dealkylation sites (tertiary alicyclic amines) is 1. The quantitative estimate of drug-likeness (QED) is 0.269. The molecule has 0 bridgehead atoms. The lowest BCUT2D eigenvalue weighted by Gasteiger charge is -2.24. The molecule has 0 radical (unpaired) electrons. The van der Waals surface area contributed by atoms with Crippen molar-refractivity contribution in [1.82, 2.24) is 9.88 Å². The largest absolute Gasteiger partial charge is 0.355 e. The second-order valence-corrected chi connectivity index (χ2v) is 10.3. The van der Waals surface area contributed by atoms with Crippen LogP contribution in [0.2, 0.25) is 0 Å². The summed E-state index contributed by atoms with van der Waals surface area (Å²) >= 11 is 1.70. The summed E-state index contributed by atoms with van der Waals surface area (Å²) < 4.78 is 0. The summed E-state index contributed by atoms with van der Waals surface area (Å²) in [6.07, 6.45) is 1.84.